The SMILES string of the molecule is COc1ccc(Cl)cc1C(=O)N1CCN(c2ccc(NC(=O)c3ccc(N4CCOCC4)c([N+](=O)[O-])c3)cc2)CC1. The van der Waals surface area contributed by atoms with Crippen molar-refractivity contribution in [1.29, 1.82) is 0 Å². The van der Waals surface area contributed by atoms with E-state index in [1.54, 1.807) is 47.4 Å². The van der Waals surface area contributed by atoms with Crippen LogP contribution in [-0.4, -0.2) is 81.2 Å². The van der Waals surface area contributed by atoms with Gasteiger partial charge in [-0.2, -0.15) is 0 Å². The molecular weight excluding hydrogens is 550 g/mol. The highest BCUT2D eigenvalue weighted by Gasteiger charge is 2.26. The highest BCUT2D eigenvalue weighted by atomic mass is 35.5. The van der Waals surface area contributed by atoms with E-state index in [4.69, 9.17) is 21.1 Å². The van der Waals surface area contributed by atoms with Gasteiger partial charge in [0, 0.05) is 67.3 Å². The Labute approximate surface area is 242 Å². The van der Waals surface area contributed by atoms with Gasteiger partial charge in [-0.05, 0) is 54.6 Å². The maximum absolute atomic E-state index is 13.1. The molecule has 0 atom stereocenters. The number of amides is 2. The van der Waals surface area contributed by atoms with Gasteiger partial charge in [0.05, 0.1) is 30.8 Å². The predicted octanol–water partition coefficient (Wildman–Crippen LogP) is 4.31. The molecule has 0 radical (unpaired) electrons. The van der Waals surface area contributed by atoms with Crippen LogP contribution in [0.4, 0.5) is 22.7 Å². The molecule has 0 saturated carbocycles. The van der Waals surface area contributed by atoms with E-state index in [2.05, 4.69) is 10.2 Å². The minimum atomic E-state index is -0.463. The van der Waals surface area contributed by atoms with E-state index in [1.165, 1.54) is 13.2 Å². The molecule has 2 aliphatic rings. The van der Waals surface area contributed by atoms with Crippen molar-refractivity contribution in [1.82, 2.24) is 4.90 Å². The molecule has 12 heteroatoms. The fourth-order valence-corrected chi connectivity index (χ4v) is 5.20. The number of rotatable bonds is 7. The van der Waals surface area contributed by atoms with Gasteiger partial charge in [0.1, 0.15) is 11.4 Å². The Morgan fingerprint density at radius 1 is 0.927 bits per heavy atom. The van der Waals surface area contributed by atoms with E-state index in [-0.39, 0.29) is 17.2 Å². The minimum Gasteiger partial charge on any atom is -0.496 e. The molecule has 41 heavy (non-hydrogen) atoms. The van der Waals surface area contributed by atoms with Crippen molar-refractivity contribution < 1.29 is 24.0 Å². The van der Waals surface area contributed by atoms with Gasteiger partial charge in [-0.15, -0.1) is 0 Å². The topological polar surface area (TPSA) is 117 Å². The number of halogens is 1. The molecule has 2 fully saturated rings. The lowest BCUT2D eigenvalue weighted by Gasteiger charge is -2.36. The van der Waals surface area contributed by atoms with Gasteiger partial charge < -0.3 is 29.5 Å². The summed E-state index contributed by atoms with van der Waals surface area (Å²) in [6.07, 6.45) is 0. The molecule has 0 aromatic heterocycles. The molecule has 11 nitrogen and oxygen atoms in total. The number of methoxy groups -OCH3 is 1. The Morgan fingerprint density at radius 3 is 2.29 bits per heavy atom. The summed E-state index contributed by atoms with van der Waals surface area (Å²) in [5, 5.41) is 15.0. The van der Waals surface area contributed by atoms with Crippen molar-refractivity contribution >= 4 is 46.2 Å². The molecule has 1 N–H and O–H groups in total. The van der Waals surface area contributed by atoms with E-state index in [9.17, 15) is 19.7 Å². The Bertz CT molecular complexity index is 1440. The molecule has 214 valence electrons. The predicted molar refractivity (Wildman–Crippen MR) is 157 cm³/mol. The average molecular weight is 580 g/mol. The number of piperazine rings is 1. The summed E-state index contributed by atoms with van der Waals surface area (Å²) in [7, 11) is 1.52. The van der Waals surface area contributed by atoms with Gasteiger partial charge in [-0.1, -0.05) is 11.6 Å². The normalized spacial score (nSPS) is 15.4. The number of hydrogen-bond acceptors (Lipinski definition) is 8. The number of carbonyl (C=O) groups excluding carboxylic acids is 2. The molecule has 0 spiro atoms. The van der Waals surface area contributed by atoms with Crippen LogP contribution in [0.3, 0.4) is 0 Å². The quantitative estimate of drug-likeness (QED) is 0.325. The first-order valence-electron chi connectivity index (χ1n) is 13.2. The van der Waals surface area contributed by atoms with Gasteiger partial charge in [-0.3, -0.25) is 19.7 Å². The zero-order chi connectivity index (χ0) is 28.9. The Balaban J connectivity index is 1.20. The number of nitro groups is 1. The maximum atomic E-state index is 13.1. The monoisotopic (exact) mass is 579 g/mol. The van der Waals surface area contributed by atoms with Crippen LogP contribution in [0.15, 0.2) is 60.7 Å². The van der Waals surface area contributed by atoms with E-state index in [0.717, 1.165) is 5.69 Å². The third kappa shape index (κ3) is 6.36. The van der Waals surface area contributed by atoms with Gasteiger partial charge in [-0.25, -0.2) is 0 Å². The van der Waals surface area contributed by atoms with Crippen molar-refractivity contribution in [3.63, 3.8) is 0 Å². The summed E-state index contributed by atoms with van der Waals surface area (Å²) in [5.74, 6) is -0.0691. The first-order chi connectivity index (χ1) is 19.8. The Kier molecular flexibility index (Phi) is 8.55. The van der Waals surface area contributed by atoms with E-state index >= 15 is 0 Å². The number of carbonyl (C=O) groups is 2. The van der Waals surface area contributed by atoms with Crippen molar-refractivity contribution in [2.24, 2.45) is 0 Å². The molecule has 3 aromatic carbocycles. The Morgan fingerprint density at radius 2 is 1.63 bits per heavy atom. The lowest BCUT2D eigenvalue weighted by Crippen LogP contribution is -2.48. The summed E-state index contributed by atoms with van der Waals surface area (Å²) < 4.78 is 10.7. The highest BCUT2D eigenvalue weighted by molar-refractivity contribution is 6.31. The molecule has 5 rings (SSSR count). The molecule has 2 saturated heterocycles. The van der Waals surface area contributed by atoms with Crippen LogP contribution in [0.1, 0.15) is 20.7 Å². The molecule has 0 aliphatic carbocycles. The number of hydrogen-bond donors (Lipinski definition) is 1. The highest BCUT2D eigenvalue weighted by Crippen LogP contribution is 2.31. The molecule has 2 amide bonds. The van der Waals surface area contributed by atoms with E-state index in [1.807, 2.05) is 17.0 Å². The number of nitrogens with one attached hydrogen (secondary N) is 1. The fourth-order valence-electron chi connectivity index (χ4n) is 5.03. The molecule has 3 aromatic rings. The number of benzene rings is 3. The molecule has 0 unspecified atom stereocenters. The van der Waals surface area contributed by atoms with Gasteiger partial charge >= 0.3 is 0 Å². The average Bonchev–Trinajstić information content (AvgIpc) is 3.01. The van der Waals surface area contributed by atoms with Crippen molar-refractivity contribution in [3.05, 3.63) is 86.9 Å². The summed E-state index contributed by atoms with van der Waals surface area (Å²) in [6.45, 7) is 4.46. The zero-order valence-corrected chi connectivity index (χ0v) is 23.3. The second kappa shape index (κ2) is 12.4. The van der Waals surface area contributed by atoms with Crippen LogP contribution in [-0.2, 0) is 4.74 Å². The van der Waals surface area contributed by atoms with Crippen LogP contribution >= 0.6 is 11.6 Å². The van der Waals surface area contributed by atoms with Gasteiger partial charge in [0.15, 0.2) is 0 Å². The second-order valence-corrected chi connectivity index (χ2v) is 10.1. The summed E-state index contributed by atoms with van der Waals surface area (Å²) >= 11 is 6.10. The van der Waals surface area contributed by atoms with Crippen molar-refractivity contribution in [2.45, 2.75) is 0 Å². The number of ether oxygens (including phenoxy) is 2. The second-order valence-electron chi connectivity index (χ2n) is 9.68. The largest absolute Gasteiger partial charge is 0.496 e. The molecular formula is C29H30ClN5O6. The first-order valence-corrected chi connectivity index (χ1v) is 13.6. The summed E-state index contributed by atoms with van der Waals surface area (Å²) in [6, 6.07) is 16.9. The summed E-state index contributed by atoms with van der Waals surface area (Å²) in [5.41, 5.74) is 2.54. The molecule has 0 bridgehead atoms. The van der Waals surface area contributed by atoms with Crippen LogP contribution in [0.25, 0.3) is 0 Å². The number of anilines is 3. The molecule has 2 heterocycles. The maximum Gasteiger partial charge on any atom is 0.293 e. The third-order valence-corrected chi connectivity index (χ3v) is 7.47. The van der Waals surface area contributed by atoms with E-state index < -0.39 is 10.8 Å². The van der Waals surface area contributed by atoms with Crippen molar-refractivity contribution in [2.75, 3.05) is 74.7 Å². The number of nitrogens with zero attached hydrogens (tertiary/aromatic N) is 4. The fraction of sp³-hybridized carbons (Fsp3) is 0.310. The van der Waals surface area contributed by atoms with Crippen LogP contribution < -0.4 is 19.9 Å². The third-order valence-electron chi connectivity index (χ3n) is 7.24. The number of nitro benzene ring substituents is 1. The lowest BCUT2D eigenvalue weighted by atomic mass is 10.1. The van der Waals surface area contributed by atoms with Gasteiger partial charge in [0.25, 0.3) is 17.5 Å². The van der Waals surface area contributed by atoms with Gasteiger partial charge in [0.2, 0.25) is 0 Å². The molecule has 2 aliphatic heterocycles. The lowest BCUT2D eigenvalue weighted by molar-refractivity contribution is -0.384. The van der Waals surface area contributed by atoms with Crippen LogP contribution in [0.5, 0.6) is 5.75 Å². The van der Waals surface area contributed by atoms with Crippen LogP contribution in [0.2, 0.25) is 5.02 Å². The zero-order valence-electron chi connectivity index (χ0n) is 22.5. The summed E-state index contributed by atoms with van der Waals surface area (Å²) in [4.78, 5) is 43.1. The van der Waals surface area contributed by atoms with E-state index in [0.29, 0.717) is 80.2 Å². The minimum absolute atomic E-state index is 0.110. The van der Waals surface area contributed by atoms with Crippen LogP contribution in [0, 0.1) is 10.1 Å². The smallest absolute Gasteiger partial charge is 0.293 e. The van der Waals surface area contributed by atoms with Crippen molar-refractivity contribution in [3.8, 4) is 5.75 Å². The number of morpholine rings is 1. The Hall–Kier alpha value is -4.35. The first kappa shape index (κ1) is 28.2. The standard InChI is InChI=1S/C29H30ClN5O6/c1-40-27-9-3-21(30)19-24(27)29(37)34-12-10-32(11-13-34)23-6-4-22(5-7-23)31-28(36)20-2-8-25(26(18-20)35(38)39)33-14-16-41-17-15-33/h2-9,18-19H,10-17H2,1H3,(H,31,36).